The number of fused-ring (bicyclic) bond motifs is 1. The number of hydrogen-bond acceptors (Lipinski definition) is 7. The van der Waals surface area contributed by atoms with Crippen LogP contribution in [0.25, 0.3) is 28.4 Å². The predicted molar refractivity (Wildman–Crippen MR) is 127 cm³/mol. The summed E-state index contributed by atoms with van der Waals surface area (Å²) in [5.74, 6) is 0.795. The number of halogens is 1. The number of aromatic nitrogens is 6. The maximum absolute atomic E-state index is 13.9. The van der Waals surface area contributed by atoms with Gasteiger partial charge < -0.3 is 10.6 Å². The van der Waals surface area contributed by atoms with Crippen LogP contribution in [0, 0.1) is 5.82 Å². The molecule has 0 radical (unpaired) electrons. The number of rotatable bonds is 4. The highest BCUT2D eigenvalue weighted by Gasteiger charge is 2.28. The van der Waals surface area contributed by atoms with Crippen molar-refractivity contribution in [3.63, 3.8) is 0 Å². The van der Waals surface area contributed by atoms with Crippen molar-refractivity contribution in [2.45, 2.75) is 18.9 Å². The lowest BCUT2D eigenvalue weighted by atomic mass is 10.0. The molecular formula is C25H21FN8. The third kappa shape index (κ3) is 3.61. The first kappa shape index (κ1) is 20.2. The lowest BCUT2D eigenvalue weighted by Crippen LogP contribution is -2.24. The Morgan fingerprint density at radius 3 is 2.65 bits per heavy atom. The van der Waals surface area contributed by atoms with E-state index in [1.807, 2.05) is 36.4 Å². The molecule has 0 aliphatic carbocycles. The molecule has 4 aromatic heterocycles. The number of hydrogen-bond donors (Lipinski definition) is 1. The molecule has 1 fully saturated rings. The summed E-state index contributed by atoms with van der Waals surface area (Å²) < 4.78 is 15.7. The first-order valence-corrected chi connectivity index (χ1v) is 11.1. The van der Waals surface area contributed by atoms with Crippen LogP contribution in [0.15, 0.2) is 73.1 Å². The molecule has 34 heavy (non-hydrogen) atoms. The topological polar surface area (TPSA) is 98.1 Å². The predicted octanol–water partition coefficient (Wildman–Crippen LogP) is 4.31. The molecule has 6 rings (SSSR count). The van der Waals surface area contributed by atoms with Gasteiger partial charge in [0, 0.05) is 12.7 Å². The Balaban J connectivity index is 1.39. The van der Waals surface area contributed by atoms with Crippen LogP contribution in [0.3, 0.4) is 0 Å². The van der Waals surface area contributed by atoms with E-state index in [2.05, 4.69) is 19.9 Å². The molecule has 0 saturated carbocycles. The van der Waals surface area contributed by atoms with Gasteiger partial charge in [0.05, 0.1) is 29.3 Å². The molecule has 0 spiro atoms. The fourth-order valence-electron chi connectivity index (χ4n) is 4.53. The number of pyridine rings is 1. The van der Waals surface area contributed by atoms with E-state index < -0.39 is 0 Å². The second kappa shape index (κ2) is 8.18. The van der Waals surface area contributed by atoms with Crippen LogP contribution in [0.1, 0.15) is 24.4 Å². The number of nitrogens with zero attached hydrogens (tertiary/aromatic N) is 7. The van der Waals surface area contributed by atoms with E-state index in [9.17, 15) is 4.39 Å². The third-order valence-electron chi connectivity index (χ3n) is 6.08. The lowest BCUT2D eigenvalue weighted by molar-refractivity contribution is 0.617. The van der Waals surface area contributed by atoms with Crippen molar-refractivity contribution in [2.24, 2.45) is 0 Å². The van der Waals surface area contributed by atoms with Gasteiger partial charge in [0.1, 0.15) is 17.3 Å². The van der Waals surface area contributed by atoms with Gasteiger partial charge in [0.2, 0.25) is 5.95 Å². The molecule has 5 heterocycles. The number of nitrogen functional groups attached to an aromatic ring is 1. The van der Waals surface area contributed by atoms with E-state index in [1.165, 1.54) is 6.07 Å². The van der Waals surface area contributed by atoms with Gasteiger partial charge in [0.15, 0.2) is 5.65 Å². The van der Waals surface area contributed by atoms with Gasteiger partial charge in [-0.3, -0.25) is 0 Å². The molecule has 0 amide bonds. The third-order valence-corrected chi connectivity index (χ3v) is 6.08. The van der Waals surface area contributed by atoms with Gasteiger partial charge in [-0.05, 0) is 60.9 Å². The molecule has 1 saturated heterocycles. The quantitative estimate of drug-likeness (QED) is 0.434. The van der Waals surface area contributed by atoms with Gasteiger partial charge in [-0.1, -0.05) is 18.2 Å². The molecule has 9 heteroatoms. The zero-order valence-electron chi connectivity index (χ0n) is 18.2. The van der Waals surface area contributed by atoms with Gasteiger partial charge >= 0.3 is 0 Å². The number of nitrogens with two attached hydrogens (primary N) is 1. The van der Waals surface area contributed by atoms with E-state index in [4.69, 9.17) is 15.8 Å². The van der Waals surface area contributed by atoms with Crippen molar-refractivity contribution < 1.29 is 4.39 Å². The molecular weight excluding hydrogens is 431 g/mol. The van der Waals surface area contributed by atoms with Crippen molar-refractivity contribution in [2.75, 3.05) is 17.2 Å². The van der Waals surface area contributed by atoms with Crippen LogP contribution in [-0.4, -0.2) is 36.1 Å². The second-order valence-corrected chi connectivity index (χ2v) is 8.22. The second-order valence-electron chi connectivity index (χ2n) is 8.22. The van der Waals surface area contributed by atoms with Gasteiger partial charge in [0.25, 0.3) is 0 Å². The molecule has 1 atom stereocenters. The molecule has 8 nitrogen and oxygen atoms in total. The van der Waals surface area contributed by atoms with Crippen molar-refractivity contribution in [1.82, 2.24) is 29.5 Å². The summed E-state index contributed by atoms with van der Waals surface area (Å²) in [6.07, 6.45) is 5.34. The zero-order valence-corrected chi connectivity index (χ0v) is 18.2. The molecule has 0 bridgehead atoms. The fraction of sp³-hybridized carbons (Fsp3) is 0.160. The number of benzene rings is 1. The smallest absolute Gasteiger partial charge is 0.220 e. The number of anilines is 2. The van der Waals surface area contributed by atoms with Crippen molar-refractivity contribution in [1.29, 1.82) is 0 Å². The maximum Gasteiger partial charge on any atom is 0.220 e. The molecule has 1 aromatic carbocycles. The summed E-state index contributed by atoms with van der Waals surface area (Å²) in [5, 5.41) is 4.91. The van der Waals surface area contributed by atoms with Crippen molar-refractivity contribution >= 4 is 17.4 Å². The van der Waals surface area contributed by atoms with E-state index in [0.717, 1.165) is 47.8 Å². The zero-order chi connectivity index (χ0) is 23.1. The number of imidazole rings is 1. The van der Waals surface area contributed by atoms with Crippen LogP contribution in [-0.2, 0) is 0 Å². The first-order chi connectivity index (χ1) is 16.7. The van der Waals surface area contributed by atoms with Crippen molar-refractivity contribution in [3.8, 4) is 22.8 Å². The Morgan fingerprint density at radius 1 is 0.912 bits per heavy atom. The van der Waals surface area contributed by atoms with E-state index >= 15 is 0 Å². The average Bonchev–Trinajstić information content (AvgIpc) is 3.51. The highest BCUT2D eigenvalue weighted by molar-refractivity contribution is 5.65. The highest BCUT2D eigenvalue weighted by atomic mass is 19.1. The molecule has 5 aromatic rings. The van der Waals surface area contributed by atoms with Crippen LogP contribution in [0.5, 0.6) is 0 Å². The molecule has 2 N–H and O–H groups in total. The maximum atomic E-state index is 13.9. The van der Waals surface area contributed by atoms with E-state index in [1.54, 1.807) is 35.1 Å². The lowest BCUT2D eigenvalue weighted by Gasteiger charge is -2.26. The SMILES string of the molecule is Nc1nccc(-c2cccc(-c3cnc4ccc(N5CCCC5c5cccc(F)c5)nn34)n2)n1. The van der Waals surface area contributed by atoms with E-state index in [0.29, 0.717) is 11.4 Å². The van der Waals surface area contributed by atoms with E-state index in [-0.39, 0.29) is 17.8 Å². The van der Waals surface area contributed by atoms with Gasteiger partial charge in [-0.25, -0.2) is 28.8 Å². The fourth-order valence-corrected chi connectivity index (χ4v) is 4.53. The Kier molecular flexibility index (Phi) is 4.87. The average molecular weight is 452 g/mol. The van der Waals surface area contributed by atoms with Crippen LogP contribution >= 0.6 is 0 Å². The highest BCUT2D eigenvalue weighted by Crippen LogP contribution is 2.35. The minimum absolute atomic E-state index is 0.0808. The summed E-state index contributed by atoms with van der Waals surface area (Å²) in [7, 11) is 0. The molecule has 1 aliphatic heterocycles. The minimum Gasteiger partial charge on any atom is -0.368 e. The van der Waals surface area contributed by atoms with Gasteiger partial charge in [-0.2, -0.15) is 0 Å². The Bertz CT molecular complexity index is 1500. The largest absolute Gasteiger partial charge is 0.368 e. The first-order valence-electron chi connectivity index (χ1n) is 11.1. The normalized spacial score (nSPS) is 15.8. The summed E-state index contributed by atoms with van der Waals surface area (Å²) in [6.45, 7) is 0.854. The van der Waals surface area contributed by atoms with Crippen LogP contribution in [0.2, 0.25) is 0 Å². The van der Waals surface area contributed by atoms with Crippen LogP contribution < -0.4 is 10.6 Å². The summed E-state index contributed by atoms with van der Waals surface area (Å²) in [5.41, 5.74) is 10.2. The van der Waals surface area contributed by atoms with Crippen LogP contribution in [0.4, 0.5) is 16.2 Å². The Labute approximate surface area is 195 Å². The summed E-state index contributed by atoms with van der Waals surface area (Å²) >= 11 is 0. The Hall–Kier alpha value is -4.40. The molecule has 1 unspecified atom stereocenters. The monoisotopic (exact) mass is 452 g/mol. The Morgan fingerprint density at radius 2 is 1.76 bits per heavy atom. The standard InChI is InChI=1S/C25H21FN8/c26-17-5-1-4-16(14-17)21-8-3-13-33(21)24-10-9-23-29-15-22(34(23)32-24)20-7-2-6-18(30-20)19-11-12-28-25(27)31-19/h1-2,4-7,9-12,14-15,21H,3,8,13H2,(H2,27,28,31). The van der Waals surface area contributed by atoms with Crippen molar-refractivity contribution in [3.05, 3.63) is 84.4 Å². The minimum atomic E-state index is -0.221. The van der Waals surface area contributed by atoms with Gasteiger partial charge in [-0.15, -0.1) is 5.10 Å². The summed E-state index contributed by atoms with van der Waals surface area (Å²) in [4.78, 5) is 19.7. The molecule has 168 valence electrons. The summed E-state index contributed by atoms with van der Waals surface area (Å²) in [6, 6.07) is 18.3. The molecule has 1 aliphatic rings.